The molecule has 4 heteroatoms. The fraction of sp³-hybridized carbons (Fsp3) is 0.375. The van der Waals surface area contributed by atoms with E-state index in [0.717, 1.165) is 11.3 Å². The van der Waals surface area contributed by atoms with Gasteiger partial charge in [-0.2, -0.15) is 0 Å². The first-order chi connectivity index (χ1) is 9.40. The van der Waals surface area contributed by atoms with Gasteiger partial charge in [0.25, 0.3) is 5.56 Å². The minimum absolute atomic E-state index is 0.131. The van der Waals surface area contributed by atoms with Crippen molar-refractivity contribution in [3.63, 3.8) is 0 Å². The monoisotopic (exact) mass is 272 g/mol. The first-order valence-electron chi connectivity index (χ1n) is 6.75. The molecule has 106 valence electrons. The smallest absolute Gasteiger partial charge is 0.251 e. The average Bonchev–Trinajstić information content (AvgIpc) is 2.38. The minimum Gasteiger partial charge on any atom is -0.494 e. The largest absolute Gasteiger partial charge is 0.494 e. The maximum Gasteiger partial charge on any atom is 0.251 e. The number of benzene rings is 1. The summed E-state index contributed by atoms with van der Waals surface area (Å²) < 4.78 is 5.41. The molecule has 1 aromatic heterocycles. The summed E-state index contributed by atoms with van der Waals surface area (Å²) in [6, 6.07) is 9.13. The maximum absolute atomic E-state index is 11.8. The Balaban J connectivity index is 2.42. The second kappa shape index (κ2) is 5.49. The summed E-state index contributed by atoms with van der Waals surface area (Å²) in [5.74, 6) is 1.51. The summed E-state index contributed by atoms with van der Waals surface area (Å²) in [5.41, 5.74) is 1.26. The van der Waals surface area contributed by atoms with Gasteiger partial charge >= 0.3 is 0 Å². The number of hydrogen-bond donors (Lipinski definition) is 1. The molecule has 0 saturated carbocycles. The van der Waals surface area contributed by atoms with Crippen LogP contribution in [-0.2, 0) is 5.41 Å². The van der Waals surface area contributed by atoms with Crippen LogP contribution in [0.2, 0.25) is 0 Å². The molecule has 0 atom stereocenters. The van der Waals surface area contributed by atoms with Crippen LogP contribution in [0, 0.1) is 0 Å². The predicted molar refractivity (Wildman–Crippen MR) is 80.2 cm³/mol. The van der Waals surface area contributed by atoms with Gasteiger partial charge in [0.1, 0.15) is 11.6 Å². The molecule has 1 heterocycles. The van der Waals surface area contributed by atoms with E-state index in [1.807, 2.05) is 52.0 Å². The molecule has 0 aliphatic rings. The summed E-state index contributed by atoms with van der Waals surface area (Å²) in [4.78, 5) is 19.1. The number of aromatic amines is 1. The highest BCUT2D eigenvalue weighted by Gasteiger charge is 2.17. The number of H-pyrrole nitrogens is 1. The number of ether oxygens (including phenoxy) is 1. The van der Waals surface area contributed by atoms with Crippen LogP contribution in [0.3, 0.4) is 0 Å². The molecule has 1 aromatic carbocycles. The fourth-order valence-corrected chi connectivity index (χ4v) is 1.85. The average molecular weight is 272 g/mol. The summed E-state index contributed by atoms with van der Waals surface area (Å²) in [6.45, 7) is 8.65. The van der Waals surface area contributed by atoms with Crippen LogP contribution in [0.4, 0.5) is 0 Å². The van der Waals surface area contributed by atoms with E-state index >= 15 is 0 Å². The molecule has 0 aliphatic heterocycles. The van der Waals surface area contributed by atoms with E-state index in [0.29, 0.717) is 18.1 Å². The SMILES string of the molecule is CCOc1ccc(-c2cc(=O)[nH]c(C(C)(C)C)n2)cc1. The lowest BCUT2D eigenvalue weighted by Gasteiger charge is -2.17. The van der Waals surface area contributed by atoms with Gasteiger partial charge in [-0.25, -0.2) is 4.98 Å². The van der Waals surface area contributed by atoms with Crippen LogP contribution in [0.1, 0.15) is 33.5 Å². The quantitative estimate of drug-likeness (QED) is 0.934. The zero-order valence-electron chi connectivity index (χ0n) is 12.4. The normalized spacial score (nSPS) is 11.4. The summed E-state index contributed by atoms with van der Waals surface area (Å²) in [5, 5.41) is 0. The molecular formula is C16H20N2O2. The number of hydrogen-bond acceptors (Lipinski definition) is 3. The zero-order valence-corrected chi connectivity index (χ0v) is 12.4. The lowest BCUT2D eigenvalue weighted by molar-refractivity contribution is 0.340. The lowest BCUT2D eigenvalue weighted by Crippen LogP contribution is -2.21. The Labute approximate surface area is 118 Å². The van der Waals surface area contributed by atoms with Crippen LogP contribution < -0.4 is 10.3 Å². The van der Waals surface area contributed by atoms with Crippen molar-refractivity contribution < 1.29 is 4.74 Å². The first kappa shape index (κ1) is 14.3. The van der Waals surface area contributed by atoms with E-state index in [1.165, 1.54) is 6.07 Å². The summed E-state index contributed by atoms with van der Waals surface area (Å²) in [7, 11) is 0. The highest BCUT2D eigenvalue weighted by atomic mass is 16.5. The van der Waals surface area contributed by atoms with E-state index in [-0.39, 0.29) is 11.0 Å². The Morgan fingerprint density at radius 2 is 1.85 bits per heavy atom. The Kier molecular flexibility index (Phi) is 3.93. The van der Waals surface area contributed by atoms with Crippen LogP contribution in [0.5, 0.6) is 5.75 Å². The minimum atomic E-state index is -0.194. The van der Waals surface area contributed by atoms with Gasteiger partial charge in [-0.1, -0.05) is 20.8 Å². The van der Waals surface area contributed by atoms with Crippen LogP contribution in [0.25, 0.3) is 11.3 Å². The molecule has 20 heavy (non-hydrogen) atoms. The van der Waals surface area contributed by atoms with Crippen LogP contribution in [0.15, 0.2) is 35.1 Å². The Morgan fingerprint density at radius 3 is 2.40 bits per heavy atom. The van der Waals surface area contributed by atoms with Crippen molar-refractivity contribution in [1.82, 2.24) is 9.97 Å². The molecule has 0 radical (unpaired) electrons. The third-order valence-electron chi connectivity index (χ3n) is 2.91. The van der Waals surface area contributed by atoms with E-state index in [4.69, 9.17) is 4.74 Å². The van der Waals surface area contributed by atoms with Crippen molar-refractivity contribution in [2.24, 2.45) is 0 Å². The second-order valence-corrected chi connectivity index (χ2v) is 5.69. The second-order valence-electron chi connectivity index (χ2n) is 5.69. The van der Waals surface area contributed by atoms with E-state index < -0.39 is 0 Å². The molecule has 0 aliphatic carbocycles. The van der Waals surface area contributed by atoms with Crippen molar-refractivity contribution in [3.05, 3.63) is 46.5 Å². The Bertz CT molecular complexity index is 637. The van der Waals surface area contributed by atoms with Gasteiger partial charge in [-0.05, 0) is 31.2 Å². The van der Waals surface area contributed by atoms with Gasteiger partial charge in [-0.3, -0.25) is 4.79 Å². The van der Waals surface area contributed by atoms with Gasteiger partial charge in [0.15, 0.2) is 0 Å². The van der Waals surface area contributed by atoms with Gasteiger partial charge in [-0.15, -0.1) is 0 Å². The van der Waals surface area contributed by atoms with Gasteiger partial charge in [0.05, 0.1) is 12.3 Å². The molecule has 0 unspecified atom stereocenters. The Hall–Kier alpha value is -2.10. The zero-order chi connectivity index (χ0) is 14.8. The third-order valence-corrected chi connectivity index (χ3v) is 2.91. The Morgan fingerprint density at radius 1 is 1.20 bits per heavy atom. The van der Waals surface area contributed by atoms with Gasteiger partial charge in [0, 0.05) is 17.0 Å². The van der Waals surface area contributed by atoms with Crippen molar-refractivity contribution in [2.45, 2.75) is 33.1 Å². The third kappa shape index (κ3) is 3.26. The molecule has 0 spiro atoms. The number of aromatic nitrogens is 2. The number of nitrogens with zero attached hydrogens (tertiary/aromatic N) is 1. The fourth-order valence-electron chi connectivity index (χ4n) is 1.85. The van der Waals surface area contributed by atoms with E-state index in [9.17, 15) is 4.79 Å². The first-order valence-corrected chi connectivity index (χ1v) is 6.75. The molecule has 2 rings (SSSR count). The standard InChI is InChI=1S/C16H20N2O2/c1-5-20-12-8-6-11(7-9-12)13-10-14(19)18-15(17-13)16(2,3)4/h6-10H,5H2,1-4H3,(H,17,18,19). The molecule has 0 bridgehead atoms. The topological polar surface area (TPSA) is 55.0 Å². The van der Waals surface area contributed by atoms with Gasteiger partial charge < -0.3 is 9.72 Å². The van der Waals surface area contributed by atoms with Crippen molar-refractivity contribution in [3.8, 4) is 17.0 Å². The summed E-state index contributed by atoms with van der Waals surface area (Å²) in [6.07, 6.45) is 0. The predicted octanol–water partition coefficient (Wildman–Crippen LogP) is 3.13. The molecule has 0 fully saturated rings. The highest BCUT2D eigenvalue weighted by Crippen LogP contribution is 2.23. The number of nitrogens with one attached hydrogen (secondary N) is 1. The molecule has 1 N–H and O–H groups in total. The number of rotatable bonds is 3. The van der Waals surface area contributed by atoms with Crippen molar-refractivity contribution in [1.29, 1.82) is 0 Å². The molecular weight excluding hydrogens is 252 g/mol. The van der Waals surface area contributed by atoms with E-state index in [2.05, 4.69) is 9.97 Å². The highest BCUT2D eigenvalue weighted by molar-refractivity contribution is 5.59. The van der Waals surface area contributed by atoms with Crippen LogP contribution in [-0.4, -0.2) is 16.6 Å². The van der Waals surface area contributed by atoms with Crippen molar-refractivity contribution in [2.75, 3.05) is 6.61 Å². The van der Waals surface area contributed by atoms with Crippen molar-refractivity contribution >= 4 is 0 Å². The van der Waals surface area contributed by atoms with Gasteiger partial charge in [0.2, 0.25) is 0 Å². The molecule has 0 amide bonds. The lowest BCUT2D eigenvalue weighted by atomic mass is 9.95. The summed E-state index contributed by atoms with van der Waals surface area (Å²) >= 11 is 0. The maximum atomic E-state index is 11.8. The van der Waals surface area contributed by atoms with Crippen LogP contribution >= 0.6 is 0 Å². The molecule has 4 nitrogen and oxygen atoms in total. The van der Waals surface area contributed by atoms with E-state index in [1.54, 1.807) is 0 Å². The molecule has 0 saturated heterocycles. The molecule has 2 aromatic rings.